The molecule has 24 heavy (non-hydrogen) atoms. The second-order valence-corrected chi connectivity index (χ2v) is 6.40. The van der Waals surface area contributed by atoms with Crippen molar-refractivity contribution < 1.29 is 14.3 Å². The number of piperazine rings is 1. The summed E-state index contributed by atoms with van der Waals surface area (Å²) < 4.78 is 5.92. The summed E-state index contributed by atoms with van der Waals surface area (Å²) in [5.41, 5.74) is 1.57. The lowest BCUT2D eigenvalue weighted by Gasteiger charge is -2.31. The third-order valence-corrected chi connectivity index (χ3v) is 4.40. The molecule has 0 amide bonds. The lowest BCUT2D eigenvalue weighted by molar-refractivity contribution is -0.137. The van der Waals surface area contributed by atoms with Gasteiger partial charge in [-0.2, -0.15) is 4.98 Å². The minimum atomic E-state index is -0.852. The zero-order valence-corrected chi connectivity index (χ0v) is 14.3. The number of carboxylic acids is 1. The molecule has 7 heteroatoms. The number of anilines is 1. The van der Waals surface area contributed by atoms with Gasteiger partial charge in [0.25, 0.3) is 6.01 Å². The van der Waals surface area contributed by atoms with E-state index in [1.54, 1.807) is 12.1 Å². The second-order valence-electron chi connectivity index (χ2n) is 5.96. The first-order valence-corrected chi connectivity index (χ1v) is 8.31. The lowest BCUT2D eigenvalue weighted by atomic mass is 10.1. The SMILES string of the molecule is CN1CCN(c2nc(-c3ccc(Cl)cc3)c(CCC(=O)O)o2)CC1. The zero-order valence-electron chi connectivity index (χ0n) is 13.5. The Kier molecular flexibility index (Phi) is 5.06. The van der Waals surface area contributed by atoms with Crippen molar-refractivity contribution in [1.82, 2.24) is 9.88 Å². The average Bonchev–Trinajstić information content (AvgIpc) is 2.98. The number of oxazole rings is 1. The number of carbonyl (C=O) groups is 1. The molecule has 0 saturated carbocycles. The van der Waals surface area contributed by atoms with Gasteiger partial charge in [0.05, 0.1) is 6.42 Å². The van der Waals surface area contributed by atoms with Gasteiger partial charge >= 0.3 is 5.97 Å². The summed E-state index contributed by atoms with van der Waals surface area (Å²) in [6, 6.07) is 7.90. The number of benzene rings is 1. The molecule has 2 heterocycles. The van der Waals surface area contributed by atoms with E-state index < -0.39 is 5.97 Å². The number of hydrogen-bond donors (Lipinski definition) is 1. The van der Waals surface area contributed by atoms with E-state index in [0.29, 0.717) is 28.9 Å². The van der Waals surface area contributed by atoms with Gasteiger partial charge in [0.1, 0.15) is 11.5 Å². The molecule has 0 aliphatic carbocycles. The minimum Gasteiger partial charge on any atom is -0.481 e. The highest BCUT2D eigenvalue weighted by Gasteiger charge is 2.22. The van der Waals surface area contributed by atoms with Crippen LogP contribution < -0.4 is 4.90 Å². The van der Waals surface area contributed by atoms with Crippen LogP contribution in [0, 0.1) is 0 Å². The van der Waals surface area contributed by atoms with Gasteiger partial charge in [-0.25, -0.2) is 0 Å². The Bertz CT molecular complexity index is 706. The Morgan fingerprint density at radius 2 is 1.92 bits per heavy atom. The van der Waals surface area contributed by atoms with Crippen LogP contribution in [0.4, 0.5) is 6.01 Å². The summed E-state index contributed by atoms with van der Waals surface area (Å²) in [6.45, 7) is 3.58. The van der Waals surface area contributed by atoms with Crippen molar-refractivity contribution in [3.8, 4) is 11.3 Å². The molecule has 1 aliphatic heterocycles. The van der Waals surface area contributed by atoms with Gasteiger partial charge in [0.15, 0.2) is 0 Å². The Balaban J connectivity index is 1.89. The first kappa shape index (κ1) is 16.8. The smallest absolute Gasteiger partial charge is 0.303 e. The number of rotatable bonds is 5. The Hall–Kier alpha value is -2.05. The highest BCUT2D eigenvalue weighted by atomic mass is 35.5. The van der Waals surface area contributed by atoms with E-state index in [-0.39, 0.29) is 6.42 Å². The van der Waals surface area contributed by atoms with Crippen LogP contribution in [-0.4, -0.2) is 54.2 Å². The standard InChI is InChI=1S/C17H20ClN3O3/c1-20-8-10-21(11-9-20)17-19-16(12-2-4-13(18)5-3-12)14(24-17)6-7-15(22)23/h2-5H,6-11H2,1H3,(H,22,23). The molecule has 0 atom stereocenters. The Morgan fingerprint density at radius 3 is 2.54 bits per heavy atom. The number of nitrogens with zero attached hydrogens (tertiary/aromatic N) is 3. The molecule has 0 spiro atoms. The summed E-state index contributed by atoms with van der Waals surface area (Å²) in [7, 11) is 2.09. The third kappa shape index (κ3) is 3.88. The largest absolute Gasteiger partial charge is 0.481 e. The first-order chi connectivity index (χ1) is 11.5. The molecule has 6 nitrogen and oxygen atoms in total. The van der Waals surface area contributed by atoms with Crippen molar-refractivity contribution in [1.29, 1.82) is 0 Å². The number of aromatic nitrogens is 1. The third-order valence-electron chi connectivity index (χ3n) is 4.14. The molecule has 1 aromatic carbocycles. The highest BCUT2D eigenvalue weighted by molar-refractivity contribution is 6.30. The van der Waals surface area contributed by atoms with Crippen molar-refractivity contribution in [3.63, 3.8) is 0 Å². The molecule has 1 saturated heterocycles. The van der Waals surface area contributed by atoms with Crippen molar-refractivity contribution in [2.24, 2.45) is 0 Å². The van der Waals surface area contributed by atoms with Gasteiger partial charge < -0.3 is 19.3 Å². The number of aliphatic carboxylic acids is 1. The molecule has 2 aromatic rings. The van der Waals surface area contributed by atoms with Crippen LogP contribution in [-0.2, 0) is 11.2 Å². The maximum atomic E-state index is 10.9. The number of likely N-dealkylation sites (N-methyl/N-ethyl adjacent to an activating group) is 1. The van der Waals surface area contributed by atoms with Crippen molar-refractivity contribution in [2.45, 2.75) is 12.8 Å². The fourth-order valence-corrected chi connectivity index (χ4v) is 2.82. The van der Waals surface area contributed by atoms with E-state index in [0.717, 1.165) is 31.7 Å². The predicted octanol–water partition coefficient (Wildman–Crippen LogP) is 2.76. The molecule has 128 valence electrons. The van der Waals surface area contributed by atoms with Gasteiger partial charge in [0, 0.05) is 43.2 Å². The van der Waals surface area contributed by atoms with Crippen LogP contribution in [0.15, 0.2) is 28.7 Å². The topological polar surface area (TPSA) is 69.8 Å². The summed E-state index contributed by atoms with van der Waals surface area (Å²) in [5, 5.41) is 9.61. The lowest BCUT2D eigenvalue weighted by Crippen LogP contribution is -2.44. The number of aryl methyl sites for hydroxylation is 1. The van der Waals surface area contributed by atoms with E-state index in [1.807, 2.05) is 12.1 Å². The quantitative estimate of drug-likeness (QED) is 0.895. The van der Waals surface area contributed by atoms with Crippen LogP contribution in [0.2, 0.25) is 5.02 Å². The average molecular weight is 350 g/mol. The molecule has 1 aliphatic rings. The van der Waals surface area contributed by atoms with Crippen LogP contribution in [0.5, 0.6) is 0 Å². The maximum Gasteiger partial charge on any atom is 0.303 e. The molecular formula is C17H20ClN3O3. The van der Waals surface area contributed by atoms with Crippen molar-refractivity contribution >= 4 is 23.6 Å². The minimum absolute atomic E-state index is 0.0119. The van der Waals surface area contributed by atoms with E-state index in [1.165, 1.54) is 0 Å². The van der Waals surface area contributed by atoms with Crippen molar-refractivity contribution in [3.05, 3.63) is 35.0 Å². The predicted molar refractivity (Wildman–Crippen MR) is 92.6 cm³/mol. The summed E-state index contributed by atoms with van der Waals surface area (Å²) in [5.74, 6) is -0.247. The van der Waals surface area contributed by atoms with Crippen LogP contribution >= 0.6 is 11.6 Å². The van der Waals surface area contributed by atoms with Crippen LogP contribution in [0.25, 0.3) is 11.3 Å². The highest BCUT2D eigenvalue weighted by Crippen LogP contribution is 2.30. The molecule has 0 radical (unpaired) electrons. The maximum absolute atomic E-state index is 10.9. The van der Waals surface area contributed by atoms with Gasteiger partial charge in [0.2, 0.25) is 0 Å². The van der Waals surface area contributed by atoms with Crippen LogP contribution in [0.1, 0.15) is 12.2 Å². The Labute approximate surface area is 145 Å². The number of halogens is 1. The van der Waals surface area contributed by atoms with E-state index in [9.17, 15) is 4.79 Å². The summed E-state index contributed by atoms with van der Waals surface area (Å²) in [6.07, 6.45) is 0.325. The molecule has 1 N–H and O–H groups in total. The molecule has 0 unspecified atom stereocenters. The number of carboxylic acid groups (broad SMARTS) is 1. The zero-order chi connectivity index (χ0) is 17.1. The van der Waals surface area contributed by atoms with Gasteiger partial charge in [-0.05, 0) is 19.2 Å². The fourth-order valence-electron chi connectivity index (χ4n) is 2.70. The molecule has 3 rings (SSSR count). The molecular weight excluding hydrogens is 330 g/mol. The first-order valence-electron chi connectivity index (χ1n) is 7.94. The van der Waals surface area contributed by atoms with E-state index in [2.05, 4.69) is 21.8 Å². The molecule has 1 aromatic heterocycles. The second kappa shape index (κ2) is 7.23. The monoisotopic (exact) mass is 349 g/mol. The van der Waals surface area contributed by atoms with Gasteiger partial charge in [-0.1, -0.05) is 23.7 Å². The van der Waals surface area contributed by atoms with E-state index >= 15 is 0 Å². The fraction of sp³-hybridized carbons (Fsp3) is 0.412. The van der Waals surface area contributed by atoms with Gasteiger partial charge in [-0.3, -0.25) is 4.79 Å². The summed E-state index contributed by atoms with van der Waals surface area (Å²) >= 11 is 5.95. The number of hydrogen-bond acceptors (Lipinski definition) is 5. The summed E-state index contributed by atoms with van der Waals surface area (Å²) in [4.78, 5) is 19.9. The van der Waals surface area contributed by atoms with E-state index in [4.69, 9.17) is 21.1 Å². The van der Waals surface area contributed by atoms with Crippen LogP contribution in [0.3, 0.4) is 0 Å². The van der Waals surface area contributed by atoms with Gasteiger partial charge in [-0.15, -0.1) is 0 Å². The van der Waals surface area contributed by atoms with Crippen molar-refractivity contribution in [2.75, 3.05) is 38.1 Å². The normalized spacial score (nSPS) is 15.7. The Morgan fingerprint density at radius 1 is 1.25 bits per heavy atom. The molecule has 1 fully saturated rings. The molecule has 0 bridgehead atoms.